The van der Waals surface area contributed by atoms with Crippen LogP contribution in [-0.4, -0.2) is 36.6 Å². The van der Waals surface area contributed by atoms with E-state index in [2.05, 4.69) is 28.3 Å². The summed E-state index contributed by atoms with van der Waals surface area (Å²) in [5.41, 5.74) is 1.30. The lowest BCUT2D eigenvalue weighted by Gasteiger charge is -2.27. The highest BCUT2D eigenvalue weighted by molar-refractivity contribution is 5.07. The Kier molecular flexibility index (Phi) is 4.31. The van der Waals surface area contributed by atoms with E-state index >= 15 is 0 Å². The predicted octanol–water partition coefficient (Wildman–Crippen LogP) is 1.51. The van der Waals surface area contributed by atoms with Crippen LogP contribution in [0.1, 0.15) is 18.4 Å². The number of nitrogens with zero attached hydrogens (tertiary/aromatic N) is 2. The van der Waals surface area contributed by atoms with Crippen molar-refractivity contribution in [2.75, 3.05) is 26.7 Å². The van der Waals surface area contributed by atoms with E-state index in [0.29, 0.717) is 0 Å². The number of hydrogen-bond donors (Lipinski definition) is 1. The lowest BCUT2D eigenvalue weighted by atomic mass is 9.99. The zero-order valence-corrected chi connectivity index (χ0v) is 10.0. The van der Waals surface area contributed by atoms with Gasteiger partial charge in [-0.05, 0) is 50.5 Å². The summed E-state index contributed by atoms with van der Waals surface area (Å²) in [4.78, 5) is 6.54. The van der Waals surface area contributed by atoms with E-state index in [4.69, 9.17) is 0 Å². The fraction of sp³-hybridized carbons (Fsp3) is 0.615. The second kappa shape index (κ2) is 5.97. The summed E-state index contributed by atoms with van der Waals surface area (Å²) in [6, 6.07) is 4.15. The van der Waals surface area contributed by atoms with Gasteiger partial charge in [0.1, 0.15) is 0 Å². The molecule has 3 nitrogen and oxygen atoms in total. The normalized spacial score (nSPS) is 21.2. The molecule has 0 spiro atoms. The van der Waals surface area contributed by atoms with Gasteiger partial charge in [-0.25, -0.2) is 0 Å². The van der Waals surface area contributed by atoms with Crippen LogP contribution < -0.4 is 5.32 Å². The van der Waals surface area contributed by atoms with Crippen LogP contribution >= 0.6 is 0 Å². The van der Waals surface area contributed by atoms with E-state index in [-0.39, 0.29) is 0 Å². The van der Waals surface area contributed by atoms with Crippen molar-refractivity contribution < 1.29 is 0 Å². The zero-order valence-electron chi connectivity index (χ0n) is 10.0. The zero-order chi connectivity index (χ0) is 11.2. The number of rotatable bonds is 4. The van der Waals surface area contributed by atoms with Gasteiger partial charge in [0.05, 0.1) is 0 Å². The van der Waals surface area contributed by atoms with Gasteiger partial charge in [-0.2, -0.15) is 0 Å². The van der Waals surface area contributed by atoms with Gasteiger partial charge in [0.15, 0.2) is 0 Å². The molecule has 2 rings (SSSR count). The lowest BCUT2D eigenvalue weighted by molar-refractivity contribution is 0.237. The third-order valence-electron chi connectivity index (χ3n) is 3.14. The third kappa shape index (κ3) is 3.58. The van der Waals surface area contributed by atoms with Gasteiger partial charge in [0, 0.05) is 25.5 Å². The molecule has 1 atom stereocenters. The van der Waals surface area contributed by atoms with Crippen molar-refractivity contribution >= 4 is 0 Å². The minimum Gasteiger partial charge on any atom is -0.316 e. The fourth-order valence-electron chi connectivity index (χ4n) is 2.39. The molecule has 0 radical (unpaired) electrons. The maximum Gasteiger partial charge on any atom is 0.0312 e. The van der Waals surface area contributed by atoms with Gasteiger partial charge in [-0.15, -0.1) is 0 Å². The van der Waals surface area contributed by atoms with Crippen molar-refractivity contribution in [3.8, 4) is 0 Å². The first-order chi connectivity index (χ1) is 7.84. The molecule has 1 aliphatic heterocycles. The minimum atomic E-state index is 0.815. The van der Waals surface area contributed by atoms with E-state index in [9.17, 15) is 0 Å². The predicted molar refractivity (Wildman–Crippen MR) is 66.2 cm³/mol. The molecular formula is C13H21N3. The number of nitrogens with one attached hydrogen (secondary N) is 1. The molecule has 0 amide bonds. The highest BCUT2D eigenvalue weighted by atomic mass is 15.1. The average molecular weight is 219 g/mol. The number of pyridine rings is 1. The van der Waals surface area contributed by atoms with E-state index in [1.165, 1.54) is 38.0 Å². The van der Waals surface area contributed by atoms with Crippen LogP contribution in [0.5, 0.6) is 0 Å². The standard InChI is InChI=1S/C13H21N3/c1-16(10-12-4-2-6-14-8-12)11-13-5-3-7-15-9-13/h2,4,6,8,13,15H,3,5,7,9-11H2,1H3/t13-/m1/s1. The smallest absolute Gasteiger partial charge is 0.0312 e. The Balaban J connectivity index is 1.77. The first kappa shape index (κ1) is 11.6. The molecule has 88 valence electrons. The molecular weight excluding hydrogens is 198 g/mol. The van der Waals surface area contributed by atoms with Crippen molar-refractivity contribution in [3.05, 3.63) is 30.1 Å². The lowest BCUT2D eigenvalue weighted by Crippen LogP contribution is -2.36. The third-order valence-corrected chi connectivity index (χ3v) is 3.14. The van der Waals surface area contributed by atoms with Crippen LogP contribution in [-0.2, 0) is 6.54 Å². The van der Waals surface area contributed by atoms with Gasteiger partial charge >= 0.3 is 0 Å². The van der Waals surface area contributed by atoms with Crippen LogP contribution in [0.3, 0.4) is 0 Å². The van der Waals surface area contributed by atoms with Gasteiger partial charge in [-0.1, -0.05) is 6.07 Å². The van der Waals surface area contributed by atoms with Gasteiger partial charge in [-0.3, -0.25) is 4.98 Å². The molecule has 1 N–H and O–H groups in total. The van der Waals surface area contributed by atoms with Crippen molar-refractivity contribution in [1.82, 2.24) is 15.2 Å². The number of hydrogen-bond acceptors (Lipinski definition) is 3. The molecule has 1 aliphatic rings. The van der Waals surface area contributed by atoms with E-state index in [1.807, 2.05) is 18.5 Å². The first-order valence-electron chi connectivity index (χ1n) is 6.13. The summed E-state index contributed by atoms with van der Waals surface area (Å²) in [6.45, 7) is 4.56. The number of piperidine rings is 1. The second-order valence-corrected chi connectivity index (χ2v) is 4.77. The molecule has 1 aromatic rings. The molecule has 0 bridgehead atoms. The summed E-state index contributed by atoms with van der Waals surface area (Å²) < 4.78 is 0. The van der Waals surface area contributed by atoms with Crippen molar-refractivity contribution in [3.63, 3.8) is 0 Å². The molecule has 0 aliphatic carbocycles. The van der Waals surface area contributed by atoms with Crippen LogP contribution in [0.4, 0.5) is 0 Å². The Morgan fingerprint density at radius 3 is 3.19 bits per heavy atom. The van der Waals surface area contributed by atoms with Gasteiger partial charge < -0.3 is 10.2 Å². The SMILES string of the molecule is CN(Cc1cccnc1)C[C@@H]1CCCNC1. The van der Waals surface area contributed by atoms with Crippen LogP contribution in [0, 0.1) is 5.92 Å². The van der Waals surface area contributed by atoms with Crippen LogP contribution in [0.2, 0.25) is 0 Å². The topological polar surface area (TPSA) is 28.2 Å². The molecule has 3 heteroatoms. The Bertz CT molecular complexity index is 293. The molecule has 0 unspecified atom stereocenters. The monoisotopic (exact) mass is 219 g/mol. The second-order valence-electron chi connectivity index (χ2n) is 4.77. The largest absolute Gasteiger partial charge is 0.316 e. The maximum atomic E-state index is 4.15. The highest BCUT2D eigenvalue weighted by Crippen LogP contribution is 2.12. The van der Waals surface area contributed by atoms with Crippen molar-refractivity contribution in [2.45, 2.75) is 19.4 Å². The van der Waals surface area contributed by atoms with Crippen molar-refractivity contribution in [1.29, 1.82) is 0 Å². The average Bonchev–Trinajstić information content (AvgIpc) is 2.31. The summed E-state index contributed by atoms with van der Waals surface area (Å²) in [6.07, 6.45) is 6.47. The quantitative estimate of drug-likeness (QED) is 0.832. The van der Waals surface area contributed by atoms with Crippen LogP contribution in [0.15, 0.2) is 24.5 Å². The van der Waals surface area contributed by atoms with Crippen molar-refractivity contribution in [2.24, 2.45) is 5.92 Å². The summed E-state index contributed by atoms with van der Waals surface area (Å²) >= 11 is 0. The Morgan fingerprint density at radius 1 is 1.56 bits per heavy atom. The van der Waals surface area contributed by atoms with E-state index < -0.39 is 0 Å². The van der Waals surface area contributed by atoms with Crippen LogP contribution in [0.25, 0.3) is 0 Å². The van der Waals surface area contributed by atoms with Gasteiger partial charge in [0.25, 0.3) is 0 Å². The Hall–Kier alpha value is -0.930. The first-order valence-corrected chi connectivity index (χ1v) is 6.13. The molecule has 0 saturated carbocycles. The molecule has 16 heavy (non-hydrogen) atoms. The summed E-state index contributed by atoms with van der Waals surface area (Å²) in [7, 11) is 2.20. The molecule has 2 heterocycles. The summed E-state index contributed by atoms with van der Waals surface area (Å²) in [5, 5.41) is 3.47. The Morgan fingerprint density at radius 2 is 2.50 bits per heavy atom. The minimum absolute atomic E-state index is 0.815. The molecule has 1 fully saturated rings. The Labute approximate surface area is 97.9 Å². The molecule has 1 aromatic heterocycles. The molecule has 0 aromatic carbocycles. The van der Waals surface area contributed by atoms with Gasteiger partial charge in [0.2, 0.25) is 0 Å². The van der Waals surface area contributed by atoms with E-state index in [0.717, 1.165) is 12.5 Å². The number of aromatic nitrogens is 1. The molecule has 1 saturated heterocycles. The fourth-order valence-corrected chi connectivity index (χ4v) is 2.39. The summed E-state index contributed by atoms with van der Waals surface area (Å²) in [5.74, 6) is 0.815. The van der Waals surface area contributed by atoms with E-state index in [1.54, 1.807) is 0 Å². The maximum absolute atomic E-state index is 4.15. The highest BCUT2D eigenvalue weighted by Gasteiger charge is 2.14.